The molecule has 3 heterocycles. The summed E-state index contributed by atoms with van der Waals surface area (Å²) in [5.41, 5.74) is 9.65. The van der Waals surface area contributed by atoms with Crippen LogP contribution in [0.25, 0.3) is 55.7 Å². The van der Waals surface area contributed by atoms with E-state index in [4.69, 9.17) is 18.5 Å². The van der Waals surface area contributed by atoms with Crippen molar-refractivity contribution in [3.8, 4) is 22.6 Å². The molecule has 4 aromatic carbocycles. The SMILES string of the molecule is [2H]C([2H])([2H])c1cc(C(C)C)c(Cn2c(-c3cccc4c3oc3nc(-c5ccccc5)ccc34)nc3ccccc32)c(C(C)C)c1. The van der Waals surface area contributed by atoms with Gasteiger partial charge in [-0.15, -0.1) is 0 Å². The van der Waals surface area contributed by atoms with Crippen LogP contribution in [0.4, 0.5) is 0 Å². The fraction of sp³-hybridized carbons (Fsp3) is 0.211. The lowest BCUT2D eigenvalue weighted by Crippen LogP contribution is -2.11. The van der Waals surface area contributed by atoms with Crippen molar-refractivity contribution < 1.29 is 8.53 Å². The molecule has 42 heavy (non-hydrogen) atoms. The number of fused-ring (bicyclic) bond motifs is 4. The van der Waals surface area contributed by atoms with Gasteiger partial charge in [0, 0.05) is 20.4 Å². The second-order valence-electron chi connectivity index (χ2n) is 11.7. The van der Waals surface area contributed by atoms with Gasteiger partial charge in [0.2, 0.25) is 5.71 Å². The highest BCUT2D eigenvalue weighted by Gasteiger charge is 2.22. The highest BCUT2D eigenvalue weighted by atomic mass is 16.3. The molecular weight excluding hydrogens is 514 g/mol. The van der Waals surface area contributed by atoms with Gasteiger partial charge in [0.05, 0.1) is 28.8 Å². The average Bonchev–Trinajstić information content (AvgIpc) is 3.58. The van der Waals surface area contributed by atoms with Crippen molar-refractivity contribution in [3.05, 3.63) is 119 Å². The van der Waals surface area contributed by atoms with Gasteiger partial charge in [-0.05, 0) is 65.7 Å². The number of para-hydroxylation sites is 3. The van der Waals surface area contributed by atoms with Crippen LogP contribution < -0.4 is 0 Å². The van der Waals surface area contributed by atoms with Gasteiger partial charge in [-0.2, -0.15) is 0 Å². The molecule has 4 heteroatoms. The van der Waals surface area contributed by atoms with Crippen LogP contribution >= 0.6 is 0 Å². The molecule has 3 aromatic heterocycles. The molecule has 0 aliphatic carbocycles. The summed E-state index contributed by atoms with van der Waals surface area (Å²) in [4.78, 5) is 10.1. The van der Waals surface area contributed by atoms with Crippen LogP contribution in [0, 0.1) is 6.85 Å². The first-order chi connectivity index (χ1) is 21.6. The number of rotatable bonds is 6. The zero-order valence-corrected chi connectivity index (χ0v) is 24.3. The number of furan rings is 1. The van der Waals surface area contributed by atoms with Crippen LogP contribution in [0.5, 0.6) is 0 Å². The third-order valence-corrected chi connectivity index (χ3v) is 8.21. The van der Waals surface area contributed by atoms with Crippen LogP contribution in [0.3, 0.4) is 0 Å². The van der Waals surface area contributed by atoms with Gasteiger partial charge in [0.25, 0.3) is 0 Å². The van der Waals surface area contributed by atoms with Crippen LogP contribution in [-0.2, 0) is 6.54 Å². The molecule has 0 spiro atoms. The van der Waals surface area contributed by atoms with Crippen molar-refractivity contribution in [3.63, 3.8) is 0 Å². The summed E-state index contributed by atoms with van der Waals surface area (Å²) in [7, 11) is 0. The summed E-state index contributed by atoms with van der Waals surface area (Å²) in [5, 5.41) is 1.94. The quantitative estimate of drug-likeness (QED) is 0.206. The molecule has 0 aliphatic rings. The Morgan fingerprint density at radius 2 is 1.50 bits per heavy atom. The van der Waals surface area contributed by atoms with E-state index in [2.05, 4.69) is 56.5 Å². The molecular formula is C38H35N3O. The molecule has 0 aliphatic heterocycles. The molecule has 208 valence electrons. The molecule has 0 amide bonds. The van der Waals surface area contributed by atoms with Crippen molar-refractivity contribution in [1.82, 2.24) is 14.5 Å². The predicted molar refractivity (Wildman–Crippen MR) is 174 cm³/mol. The molecule has 0 bridgehead atoms. The Hall–Kier alpha value is -4.70. The molecule has 4 nitrogen and oxygen atoms in total. The Morgan fingerprint density at radius 1 is 0.762 bits per heavy atom. The third kappa shape index (κ3) is 4.39. The van der Waals surface area contributed by atoms with E-state index in [1.807, 2.05) is 72.8 Å². The Bertz CT molecular complexity index is 2160. The fourth-order valence-corrected chi connectivity index (χ4v) is 6.15. The van der Waals surface area contributed by atoms with E-state index in [1.54, 1.807) is 0 Å². The summed E-state index contributed by atoms with van der Waals surface area (Å²) in [5.74, 6) is 1.08. The lowest BCUT2D eigenvalue weighted by atomic mass is 9.87. The third-order valence-electron chi connectivity index (χ3n) is 8.21. The van der Waals surface area contributed by atoms with Gasteiger partial charge < -0.3 is 8.98 Å². The number of hydrogen-bond donors (Lipinski definition) is 0. The number of hydrogen-bond acceptors (Lipinski definition) is 3. The summed E-state index contributed by atoms with van der Waals surface area (Å²) in [6.45, 7) is 6.89. The van der Waals surface area contributed by atoms with Crippen LogP contribution in [-0.4, -0.2) is 14.5 Å². The first-order valence-corrected chi connectivity index (χ1v) is 14.6. The molecule has 0 atom stereocenters. The number of nitrogens with zero attached hydrogens (tertiary/aromatic N) is 3. The van der Waals surface area contributed by atoms with Gasteiger partial charge in [-0.3, -0.25) is 0 Å². The lowest BCUT2D eigenvalue weighted by Gasteiger charge is -2.22. The molecule has 0 saturated carbocycles. The Balaban J connectivity index is 1.45. The van der Waals surface area contributed by atoms with Crippen molar-refractivity contribution in [2.75, 3.05) is 0 Å². The topological polar surface area (TPSA) is 43.9 Å². The minimum absolute atomic E-state index is 0.140. The highest BCUT2D eigenvalue weighted by Crippen LogP contribution is 2.38. The smallest absolute Gasteiger partial charge is 0.227 e. The second kappa shape index (κ2) is 10.3. The van der Waals surface area contributed by atoms with E-state index < -0.39 is 6.85 Å². The predicted octanol–water partition coefficient (Wildman–Crippen LogP) is 10.3. The molecule has 0 saturated heterocycles. The number of aryl methyl sites for hydroxylation is 1. The first kappa shape index (κ1) is 22.9. The van der Waals surface area contributed by atoms with Gasteiger partial charge >= 0.3 is 0 Å². The summed E-state index contributed by atoms with van der Waals surface area (Å²) < 4.78 is 33.3. The molecule has 7 rings (SSSR count). The van der Waals surface area contributed by atoms with Crippen LogP contribution in [0.1, 0.15) is 65.9 Å². The van der Waals surface area contributed by atoms with Gasteiger partial charge in [0.15, 0.2) is 0 Å². The molecule has 0 fully saturated rings. The molecule has 0 N–H and O–H groups in total. The van der Waals surface area contributed by atoms with Crippen LogP contribution in [0.2, 0.25) is 0 Å². The Kier molecular flexibility index (Phi) is 5.62. The number of aromatic nitrogens is 3. The van der Waals surface area contributed by atoms with Gasteiger partial charge in [-0.25, -0.2) is 9.97 Å². The Labute approximate surface area is 250 Å². The lowest BCUT2D eigenvalue weighted by molar-refractivity contribution is 0.654. The van der Waals surface area contributed by atoms with E-state index in [-0.39, 0.29) is 11.8 Å². The first-order valence-electron chi connectivity index (χ1n) is 16.1. The fourth-order valence-electron chi connectivity index (χ4n) is 6.15. The standard InChI is InChI=1S/C38H35N3O/c1-23(2)30-20-25(5)21-31(24(3)4)32(30)22-41-35-17-10-9-16-34(35)39-37(41)29-15-11-14-27-28-18-19-33(26-12-7-6-8-13-26)40-38(28)42-36(27)29/h6-21,23-24H,22H2,1-5H3/i5D3. The molecule has 0 unspecified atom stereocenters. The molecule has 7 aromatic rings. The van der Waals surface area contributed by atoms with Crippen molar-refractivity contribution in [1.29, 1.82) is 0 Å². The second-order valence-corrected chi connectivity index (χ2v) is 11.7. The summed E-state index contributed by atoms with van der Waals surface area (Å²) >= 11 is 0. The van der Waals surface area contributed by atoms with Gasteiger partial charge in [-0.1, -0.05) is 100.0 Å². The minimum atomic E-state index is -2.18. The largest absolute Gasteiger partial charge is 0.437 e. The number of benzene rings is 4. The number of imidazole rings is 1. The van der Waals surface area contributed by atoms with E-state index in [0.29, 0.717) is 17.8 Å². The van der Waals surface area contributed by atoms with E-state index in [0.717, 1.165) is 66.7 Å². The van der Waals surface area contributed by atoms with E-state index in [1.165, 1.54) is 0 Å². The van der Waals surface area contributed by atoms with E-state index in [9.17, 15) is 0 Å². The number of pyridine rings is 1. The zero-order chi connectivity index (χ0) is 31.5. The summed E-state index contributed by atoms with van der Waals surface area (Å²) in [6, 6.07) is 32.3. The summed E-state index contributed by atoms with van der Waals surface area (Å²) in [6.07, 6.45) is 0. The normalized spacial score (nSPS) is 13.3. The van der Waals surface area contributed by atoms with E-state index >= 15 is 0 Å². The average molecular weight is 553 g/mol. The van der Waals surface area contributed by atoms with Crippen molar-refractivity contribution >= 4 is 33.1 Å². The Morgan fingerprint density at radius 3 is 2.24 bits per heavy atom. The van der Waals surface area contributed by atoms with Crippen molar-refractivity contribution in [2.24, 2.45) is 0 Å². The highest BCUT2D eigenvalue weighted by molar-refractivity contribution is 6.08. The zero-order valence-electron chi connectivity index (χ0n) is 27.3. The molecule has 0 radical (unpaired) electrons. The monoisotopic (exact) mass is 552 g/mol. The van der Waals surface area contributed by atoms with Crippen LogP contribution in [0.15, 0.2) is 101 Å². The minimum Gasteiger partial charge on any atom is -0.437 e. The maximum Gasteiger partial charge on any atom is 0.227 e. The maximum atomic E-state index is 8.16. The van der Waals surface area contributed by atoms with Crippen molar-refractivity contribution in [2.45, 2.75) is 52.9 Å². The van der Waals surface area contributed by atoms with Gasteiger partial charge in [0.1, 0.15) is 11.4 Å². The maximum absolute atomic E-state index is 8.16.